The molecule has 0 bridgehead atoms. The van der Waals surface area contributed by atoms with Gasteiger partial charge in [-0.05, 0) is 16.7 Å². The lowest BCUT2D eigenvalue weighted by atomic mass is 10.0. The van der Waals surface area contributed by atoms with Crippen LogP contribution in [0.15, 0.2) is 18.2 Å². The van der Waals surface area contributed by atoms with Crippen molar-refractivity contribution in [2.45, 2.75) is 19.5 Å². The van der Waals surface area contributed by atoms with Crippen molar-refractivity contribution in [2.24, 2.45) is 0 Å². The van der Waals surface area contributed by atoms with Gasteiger partial charge in [0.1, 0.15) is 0 Å². The van der Waals surface area contributed by atoms with E-state index in [0.717, 1.165) is 22.9 Å². The van der Waals surface area contributed by atoms with Crippen molar-refractivity contribution in [1.82, 2.24) is 9.84 Å². The number of carboxylic acids is 1. The molecular weight excluding hydrogens is 256 g/mol. The second-order valence-electron chi connectivity index (χ2n) is 4.39. The molecule has 1 aromatic rings. The Morgan fingerprint density at radius 1 is 1.39 bits per heavy atom. The first kappa shape index (κ1) is 13.0. The number of nitrogens with one attached hydrogen (secondary N) is 1. The summed E-state index contributed by atoms with van der Waals surface area (Å²) in [4.78, 5) is 13.0. The van der Waals surface area contributed by atoms with Crippen molar-refractivity contribution in [3.63, 3.8) is 0 Å². The minimum absolute atomic E-state index is 0.0210. The maximum Gasteiger partial charge on any atom is 0.307 e. The smallest absolute Gasteiger partial charge is 0.307 e. The Kier molecular flexibility index (Phi) is 3.38. The average molecular weight is 270 g/mol. The number of rotatable bonds is 4. The van der Waals surface area contributed by atoms with E-state index in [9.17, 15) is 13.2 Å². The van der Waals surface area contributed by atoms with E-state index in [2.05, 4.69) is 4.83 Å². The summed E-state index contributed by atoms with van der Waals surface area (Å²) in [6.45, 7) is 0.950. The quantitative estimate of drug-likeness (QED) is 0.810. The molecule has 0 fully saturated rings. The van der Waals surface area contributed by atoms with Gasteiger partial charge in [0, 0.05) is 13.1 Å². The van der Waals surface area contributed by atoms with Crippen molar-refractivity contribution in [3.05, 3.63) is 34.9 Å². The SMILES string of the molecule is CS(=O)(=O)NN1Cc2ccc(CC(=O)O)cc2C1. The molecule has 18 heavy (non-hydrogen) atoms. The van der Waals surface area contributed by atoms with Gasteiger partial charge < -0.3 is 5.11 Å². The molecule has 7 heteroatoms. The summed E-state index contributed by atoms with van der Waals surface area (Å²) in [5.41, 5.74) is 2.70. The number of benzene rings is 1. The van der Waals surface area contributed by atoms with E-state index in [1.54, 1.807) is 11.1 Å². The van der Waals surface area contributed by atoms with Crippen molar-refractivity contribution in [3.8, 4) is 0 Å². The molecule has 1 heterocycles. The van der Waals surface area contributed by atoms with Gasteiger partial charge in [-0.25, -0.2) is 13.4 Å². The van der Waals surface area contributed by atoms with E-state index in [1.807, 2.05) is 12.1 Å². The van der Waals surface area contributed by atoms with E-state index in [-0.39, 0.29) is 6.42 Å². The van der Waals surface area contributed by atoms with Gasteiger partial charge in [-0.2, -0.15) is 0 Å². The Morgan fingerprint density at radius 2 is 2.06 bits per heavy atom. The molecule has 0 amide bonds. The van der Waals surface area contributed by atoms with E-state index >= 15 is 0 Å². The van der Waals surface area contributed by atoms with Crippen LogP contribution < -0.4 is 4.83 Å². The molecule has 0 spiro atoms. The van der Waals surface area contributed by atoms with Crippen molar-refractivity contribution in [2.75, 3.05) is 6.26 Å². The predicted octanol–water partition coefficient (Wildman–Crippen LogP) is 0.0935. The van der Waals surface area contributed by atoms with Crippen LogP contribution in [0.3, 0.4) is 0 Å². The second-order valence-corrected chi connectivity index (χ2v) is 6.12. The molecular formula is C11H14N2O4S. The first-order valence-corrected chi connectivity index (χ1v) is 7.27. The number of sulfonamides is 1. The number of fused-ring (bicyclic) bond motifs is 1. The summed E-state index contributed by atoms with van der Waals surface area (Å²) < 4.78 is 22.2. The van der Waals surface area contributed by atoms with Crippen LogP contribution in [0.25, 0.3) is 0 Å². The topological polar surface area (TPSA) is 86.7 Å². The number of hydrazine groups is 1. The first-order chi connectivity index (χ1) is 8.33. The summed E-state index contributed by atoms with van der Waals surface area (Å²) in [6.07, 6.45) is 1.08. The first-order valence-electron chi connectivity index (χ1n) is 5.38. The predicted molar refractivity (Wildman–Crippen MR) is 65.0 cm³/mol. The molecule has 0 aliphatic carbocycles. The van der Waals surface area contributed by atoms with Crippen LogP contribution >= 0.6 is 0 Å². The summed E-state index contributed by atoms with van der Waals surface area (Å²) in [5.74, 6) is -0.876. The molecule has 6 nitrogen and oxygen atoms in total. The molecule has 0 saturated heterocycles. The molecule has 0 radical (unpaired) electrons. The maximum atomic E-state index is 11.1. The number of aliphatic carboxylic acids is 1. The van der Waals surface area contributed by atoms with Crippen LogP contribution in [0.1, 0.15) is 16.7 Å². The monoisotopic (exact) mass is 270 g/mol. The van der Waals surface area contributed by atoms with Crippen LogP contribution in [0.4, 0.5) is 0 Å². The van der Waals surface area contributed by atoms with E-state index < -0.39 is 16.0 Å². The van der Waals surface area contributed by atoms with Gasteiger partial charge in [0.25, 0.3) is 0 Å². The third kappa shape index (κ3) is 3.28. The third-order valence-electron chi connectivity index (χ3n) is 2.64. The molecule has 2 rings (SSSR count). The van der Waals surface area contributed by atoms with Gasteiger partial charge in [-0.3, -0.25) is 4.79 Å². The van der Waals surface area contributed by atoms with Crippen molar-refractivity contribution in [1.29, 1.82) is 0 Å². The zero-order chi connectivity index (χ0) is 13.3. The van der Waals surface area contributed by atoms with Crippen LogP contribution in [-0.4, -0.2) is 30.8 Å². The van der Waals surface area contributed by atoms with Crippen molar-refractivity contribution < 1.29 is 18.3 Å². The normalized spacial score (nSPS) is 15.6. The van der Waals surface area contributed by atoms with Gasteiger partial charge in [0.05, 0.1) is 12.7 Å². The number of hydrogen-bond acceptors (Lipinski definition) is 4. The Morgan fingerprint density at radius 3 is 2.67 bits per heavy atom. The van der Waals surface area contributed by atoms with E-state index in [1.165, 1.54) is 0 Å². The largest absolute Gasteiger partial charge is 0.481 e. The fourth-order valence-corrected chi connectivity index (χ4v) is 2.63. The molecule has 0 aromatic heterocycles. The molecule has 1 aliphatic rings. The highest BCUT2D eigenvalue weighted by molar-refractivity contribution is 7.88. The summed E-state index contributed by atoms with van der Waals surface area (Å²) in [7, 11) is -3.27. The molecule has 0 unspecified atom stereocenters. The third-order valence-corrected chi connectivity index (χ3v) is 3.23. The van der Waals surface area contributed by atoms with Crippen LogP contribution in [0.2, 0.25) is 0 Å². The van der Waals surface area contributed by atoms with Gasteiger partial charge >= 0.3 is 5.97 Å². The minimum Gasteiger partial charge on any atom is -0.481 e. The number of nitrogens with zero attached hydrogens (tertiary/aromatic N) is 1. The Hall–Kier alpha value is -1.44. The fourth-order valence-electron chi connectivity index (χ4n) is 2.03. The van der Waals surface area contributed by atoms with E-state index in [0.29, 0.717) is 13.1 Å². The number of carbonyl (C=O) groups is 1. The lowest BCUT2D eigenvalue weighted by Crippen LogP contribution is -2.37. The minimum atomic E-state index is -3.27. The van der Waals surface area contributed by atoms with Crippen LogP contribution in [0, 0.1) is 0 Å². The fraction of sp³-hybridized carbons (Fsp3) is 0.364. The molecule has 0 atom stereocenters. The molecule has 1 aromatic carbocycles. The molecule has 2 N–H and O–H groups in total. The Bertz CT molecular complexity index is 583. The Balaban J connectivity index is 2.12. The summed E-state index contributed by atoms with van der Waals surface area (Å²) in [6, 6.07) is 5.42. The molecule has 98 valence electrons. The molecule has 0 saturated carbocycles. The van der Waals surface area contributed by atoms with Crippen LogP contribution in [-0.2, 0) is 34.3 Å². The lowest BCUT2D eigenvalue weighted by molar-refractivity contribution is -0.136. The van der Waals surface area contributed by atoms with Gasteiger partial charge in [-0.1, -0.05) is 18.2 Å². The zero-order valence-corrected chi connectivity index (χ0v) is 10.7. The maximum absolute atomic E-state index is 11.1. The summed E-state index contributed by atoms with van der Waals surface area (Å²) >= 11 is 0. The zero-order valence-electron chi connectivity index (χ0n) is 9.88. The van der Waals surface area contributed by atoms with Crippen molar-refractivity contribution >= 4 is 16.0 Å². The standard InChI is InChI=1S/C11H14N2O4S/c1-18(16,17)12-13-6-9-3-2-8(5-11(14)15)4-10(9)7-13/h2-4,12H,5-7H2,1H3,(H,14,15). The number of carboxylic acid groups (broad SMARTS) is 1. The highest BCUT2D eigenvalue weighted by Gasteiger charge is 2.21. The van der Waals surface area contributed by atoms with E-state index in [4.69, 9.17) is 5.11 Å². The summed E-state index contributed by atoms with van der Waals surface area (Å²) in [5, 5.41) is 10.3. The highest BCUT2D eigenvalue weighted by Crippen LogP contribution is 2.22. The molecule has 1 aliphatic heterocycles. The van der Waals surface area contributed by atoms with Crippen LogP contribution in [0.5, 0.6) is 0 Å². The second kappa shape index (κ2) is 4.68. The van der Waals surface area contributed by atoms with Gasteiger partial charge in [0.2, 0.25) is 10.0 Å². The Labute approximate surface area is 105 Å². The van der Waals surface area contributed by atoms with Gasteiger partial charge in [0.15, 0.2) is 0 Å². The highest BCUT2D eigenvalue weighted by atomic mass is 32.2. The lowest BCUT2D eigenvalue weighted by Gasteiger charge is -2.13. The van der Waals surface area contributed by atoms with Gasteiger partial charge in [-0.15, -0.1) is 4.83 Å². The average Bonchev–Trinajstić information content (AvgIpc) is 2.54. The number of hydrogen-bond donors (Lipinski definition) is 2.